The summed E-state index contributed by atoms with van der Waals surface area (Å²) in [6.45, 7) is 0.565. The summed E-state index contributed by atoms with van der Waals surface area (Å²) in [5.41, 5.74) is 0.808. The van der Waals surface area contributed by atoms with Crippen LogP contribution in [0.2, 0.25) is 0 Å². The second-order valence-corrected chi connectivity index (χ2v) is 6.82. The number of carbonyl (C=O) groups is 3. The van der Waals surface area contributed by atoms with Gasteiger partial charge in [-0.2, -0.15) is 0 Å². The first-order valence-corrected chi connectivity index (χ1v) is 8.56. The van der Waals surface area contributed by atoms with Gasteiger partial charge in [0, 0.05) is 30.4 Å². The zero-order chi connectivity index (χ0) is 17.7. The summed E-state index contributed by atoms with van der Waals surface area (Å²) in [5.74, 6) is -1.00. The predicted molar refractivity (Wildman–Crippen MR) is 92.0 cm³/mol. The van der Waals surface area contributed by atoms with Crippen LogP contribution in [0, 0.1) is 5.92 Å². The van der Waals surface area contributed by atoms with Gasteiger partial charge in [0.1, 0.15) is 0 Å². The van der Waals surface area contributed by atoms with Crippen molar-refractivity contribution in [2.75, 3.05) is 20.7 Å². The van der Waals surface area contributed by atoms with Gasteiger partial charge in [0.05, 0.1) is 19.6 Å². The van der Waals surface area contributed by atoms with Gasteiger partial charge in [0.2, 0.25) is 11.8 Å². The average molecular weight is 397 g/mol. The molecule has 7 heteroatoms. The van der Waals surface area contributed by atoms with Crippen LogP contribution >= 0.6 is 15.9 Å². The molecule has 2 amide bonds. The van der Waals surface area contributed by atoms with Crippen molar-refractivity contribution >= 4 is 33.7 Å². The highest BCUT2D eigenvalue weighted by Gasteiger charge is 2.30. The molecule has 1 saturated heterocycles. The maximum Gasteiger partial charge on any atom is 0.307 e. The van der Waals surface area contributed by atoms with Gasteiger partial charge in [-0.1, -0.05) is 28.1 Å². The van der Waals surface area contributed by atoms with Crippen molar-refractivity contribution in [3.8, 4) is 0 Å². The van der Waals surface area contributed by atoms with E-state index in [4.69, 9.17) is 4.74 Å². The Hall–Kier alpha value is -1.89. The van der Waals surface area contributed by atoms with Crippen LogP contribution in [0.4, 0.5) is 0 Å². The maximum absolute atomic E-state index is 12.5. The third kappa shape index (κ3) is 4.80. The Kier molecular flexibility index (Phi) is 6.36. The average Bonchev–Trinajstić information content (AvgIpc) is 2.56. The van der Waals surface area contributed by atoms with Gasteiger partial charge >= 0.3 is 5.97 Å². The Morgan fingerprint density at radius 2 is 2.21 bits per heavy atom. The van der Waals surface area contributed by atoms with Crippen molar-refractivity contribution in [2.45, 2.75) is 25.3 Å². The first-order chi connectivity index (χ1) is 11.4. The van der Waals surface area contributed by atoms with Crippen molar-refractivity contribution in [1.29, 1.82) is 0 Å². The van der Waals surface area contributed by atoms with Crippen LogP contribution < -0.4 is 5.32 Å². The number of rotatable bonds is 5. The van der Waals surface area contributed by atoms with Crippen LogP contribution in [0.15, 0.2) is 28.7 Å². The molecule has 0 spiro atoms. The standard InChI is InChI=1S/C17H21BrN2O4/c1-20-7-6-12(9-15(20)21)17(23)19-14(10-16(22)24-2)11-4-3-5-13(18)8-11/h3-5,8,12,14H,6-7,9-10H2,1-2H3,(H,19,23). The normalized spacial score (nSPS) is 18.9. The third-order valence-corrected chi connectivity index (χ3v) is 4.69. The maximum atomic E-state index is 12.5. The molecule has 0 bridgehead atoms. The summed E-state index contributed by atoms with van der Waals surface area (Å²) in [5, 5.41) is 2.90. The molecule has 1 aromatic rings. The molecule has 1 N–H and O–H groups in total. The van der Waals surface area contributed by atoms with Gasteiger partial charge in [0.15, 0.2) is 0 Å². The van der Waals surface area contributed by atoms with E-state index >= 15 is 0 Å². The Balaban J connectivity index is 2.11. The zero-order valence-electron chi connectivity index (χ0n) is 13.8. The second-order valence-electron chi connectivity index (χ2n) is 5.90. The zero-order valence-corrected chi connectivity index (χ0v) is 15.3. The molecule has 2 rings (SSSR count). The molecule has 2 atom stereocenters. The fourth-order valence-corrected chi connectivity index (χ4v) is 3.10. The highest BCUT2D eigenvalue weighted by atomic mass is 79.9. The van der Waals surface area contributed by atoms with Crippen LogP contribution in [-0.2, 0) is 19.1 Å². The Labute approximate surface area is 149 Å². The predicted octanol–water partition coefficient (Wildman–Crippen LogP) is 2.04. The van der Waals surface area contributed by atoms with Gasteiger partial charge in [-0.3, -0.25) is 14.4 Å². The molecule has 2 unspecified atom stereocenters. The van der Waals surface area contributed by atoms with Crippen LogP contribution in [0.5, 0.6) is 0 Å². The summed E-state index contributed by atoms with van der Waals surface area (Å²) < 4.78 is 5.59. The van der Waals surface area contributed by atoms with Crippen molar-refractivity contribution in [3.63, 3.8) is 0 Å². The molecule has 1 aromatic carbocycles. The molecule has 130 valence electrons. The summed E-state index contributed by atoms with van der Waals surface area (Å²) in [6.07, 6.45) is 0.864. The summed E-state index contributed by atoms with van der Waals surface area (Å²) in [4.78, 5) is 37.7. The largest absolute Gasteiger partial charge is 0.469 e. The molecule has 1 aliphatic heterocycles. The number of hydrogen-bond acceptors (Lipinski definition) is 4. The first kappa shape index (κ1) is 18.4. The topological polar surface area (TPSA) is 75.7 Å². The van der Waals surface area contributed by atoms with Gasteiger partial charge in [-0.05, 0) is 24.1 Å². The Morgan fingerprint density at radius 1 is 1.46 bits per heavy atom. The third-order valence-electron chi connectivity index (χ3n) is 4.20. The number of esters is 1. The highest BCUT2D eigenvalue weighted by Crippen LogP contribution is 2.24. The lowest BCUT2D eigenvalue weighted by Gasteiger charge is -2.29. The van der Waals surface area contributed by atoms with Crippen LogP contribution in [0.3, 0.4) is 0 Å². The quantitative estimate of drug-likeness (QED) is 0.772. The van der Waals surface area contributed by atoms with Crippen molar-refractivity contribution < 1.29 is 19.1 Å². The molecule has 0 aliphatic carbocycles. The minimum absolute atomic E-state index is 0.0339. The fraction of sp³-hybridized carbons (Fsp3) is 0.471. The SMILES string of the molecule is COC(=O)CC(NC(=O)C1CCN(C)C(=O)C1)c1cccc(Br)c1. The molecule has 6 nitrogen and oxygen atoms in total. The summed E-state index contributed by atoms with van der Waals surface area (Å²) >= 11 is 3.39. The molecular formula is C17H21BrN2O4. The van der Waals surface area contributed by atoms with Crippen LogP contribution in [0.25, 0.3) is 0 Å². The number of methoxy groups -OCH3 is 1. The first-order valence-electron chi connectivity index (χ1n) is 7.77. The van der Waals surface area contributed by atoms with Crippen molar-refractivity contribution in [1.82, 2.24) is 10.2 Å². The minimum atomic E-state index is -0.489. The number of nitrogens with one attached hydrogen (secondary N) is 1. The monoisotopic (exact) mass is 396 g/mol. The van der Waals surface area contributed by atoms with Gasteiger partial charge < -0.3 is 15.0 Å². The van der Waals surface area contributed by atoms with E-state index in [0.29, 0.717) is 13.0 Å². The lowest BCUT2D eigenvalue weighted by molar-refractivity contribution is -0.142. The lowest BCUT2D eigenvalue weighted by atomic mass is 9.94. The van der Waals surface area contributed by atoms with Crippen molar-refractivity contribution in [2.24, 2.45) is 5.92 Å². The van der Waals surface area contributed by atoms with E-state index < -0.39 is 12.0 Å². The number of amides is 2. The van der Waals surface area contributed by atoms with E-state index in [0.717, 1.165) is 10.0 Å². The Morgan fingerprint density at radius 3 is 2.83 bits per heavy atom. The van der Waals surface area contributed by atoms with E-state index in [9.17, 15) is 14.4 Å². The molecule has 1 fully saturated rings. The van der Waals surface area contributed by atoms with E-state index in [2.05, 4.69) is 21.2 Å². The van der Waals surface area contributed by atoms with Crippen molar-refractivity contribution in [3.05, 3.63) is 34.3 Å². The molecular weight excluding hydrogens is 376 g/mol. The second kappa shape index (κ2) is 8.28. The van der Waals surface area contributed by atoms with E-state index in [1.807, 2.05) is 24.3 Å². The lowest BCUT2D eigenvalue weighted by Crippen LogP contribution is -2.43. The molecule has 0 aromatic heterocycles. The highest BCUT2D eigenvalue weighted by molar-refractivity contribution is 9.10. The molecule has 1 heterocycles. The number of likely N-dealkylation sites (tertiary alicyclic amines) is 1. The van der Waals surface area contributed by atoms with Gasteiger partial charge in [0.25, 0.3) is 0 Å². The van der Waals surface area contributed by atoms with E-state index in [1.54, 1.807) is 11.9 Å². The summed E-state index contributed by atoms with van der Waals surface area (Å²) in [7, 11) is 3.05. The van der Waals surface area contributed by atoms with Crippen LogP contribution in [-0.4, -0.2) is 43.4 Å². The number of piperidine rings is 1. The molecule has 24 heavy (non-hydrogen) atoms. The summed E-state index contributed by atoms with van der Waals surface area (Å²) in [6, 6.07) is 6.93. The fourth-order valence-electron chi connectivity index (χ4n) is 2.68. The number of nitrogens with zero attached hydrogens (tertiary/aromatic N) is 1. The number of ether oxygens (including phenoxy) is 1. The van der Waals surface area contributed by atoms with Crippen LogP contribution in [0.1, 0.15) is 30.9 Å². The number of benzene rings is 1. The van der Waals surface area contributed by atoms with E-state index in [1.165, 1.54) is 7.11 Å². The van der Waals surface area contributed by atoms with Gasteiger partial charge in [-0.15, -0.1) is 0 Å². The Bertz CT molecular complexity index is 635. The number of hydrogen-bond donors (Lipinski definition) is 1. The smallest absolute Gasteiger partial charge is 0.307 e. The number of halogens is 1. The molecule has 1 aliphatic rings. The molecule has 0 saturated carbocycles. The molecule has 0 radical (unpaired) electrons. The number of carbonyl (C=O) groups excluding carboxylic acids is 3. The van der Waals surface area contributed by atoms with E-state index in [-0.39, 0.29) is 30.6 Å². The minimum Gasteiger partial charge on any atom is -0.469 e. The van der Waals surface area contributed by atoms with Gasteiger partial charge in [-0.25, -0.2) is 0 Å².